The summed E-state index contributed by atoms with van der Waals surface area (Å²) in [4.78, 5) is 0. The van der Waals surface area contributed by atoms with Gasteiger partial charge in [-0.05, 0) is 28.9 Å². The van der Waals surface area contributed by atoms with Gasteiger partial charge in [-0.25, -0.2) is 0 Å². The molecular formula is C8H7BrN4. The second kappa shape index (κ2) is 3.26. The average molecular weight is 239 g/mol. The number of nitrogens with one attached hydrogen (secondary N) is 1. The quantitative estimate of drug-likeness (QED) is 0.827. The summed E-state index contributed by atoms with van der Waals surface area (Å²) in [6.07, 6.45) is 3.49. The predicted octanol–water partition coefficient (Wildman–Crippen LogP) is 1.94. The number of halogens is 1. The van der Waals surface area contributed by atoms with Gasteiger partial charge in [-0.15, -0.1) is 5.10 Å². The second-order valence-corrected chi connectivity index (χ2v) is 3.49. The van der Waals surface area contributed by atoms with Crippen molar-refractivity contribution in [3.8, 4) is 11.1 Å². The minimum atomic E-state index is 0.727. The van der Waals surface area contributed by atoms with Gasteiger partial charge in [-0.3, -0.25) is 5.10 Å². The summed E-state index contributed by atoms with van der Waals surface area (Å²) < 4.78 is 0.727. The highest BCUT2D eigenvalue weighted by Crippen LogP contribution is 2.21. The fourth-order valence-electron chi connectivity index (χ4n) is 1.13. The first-order chi connectivity index (χ1) is 6.27. The van der Waals surface area contributed by atoms with Crippen molar-refractivity contribution in [3.63, 3.8) is 0 Å². The van der Waals surface area contributed by atoms with Crippen LogP contribution in [0.2, 0.25) is 0 Å². The van der Waals surface area contributed by atoms with Gasteiger partial charge >= 0.3 is 0 Å². The van der Waals surface area contributed by atoms with E-state index in [2.05, 4.69) is 36.3 Å². The summed E-state index contributed by atoms with van der Waals surface area (Å²) >= 11 is 3.27. The van der Waals surface area contributed by atoms with Crippen LogP contribution in [-0.2, 0) is 0 Å². The van der Waals surface area contributed by atoms with Crippen molar-refractivity contribution in [2.24, 2.45) is 0 Å². The Kier molecular flexibility index (Phi) is 2.10. The molecule has 0 atom stereocenters. The van der Waals surface area contributed by atoms with Crippen molar-refractivity contribution in [3.05, 3.63) is 28.8 Å². The van der Waals surface area contributed by atoms with E-state index in [1.165, 1.54) is 0 Å². The van der Waals surface area contributed by atoms with Crippen LogP contribution in [-0.4, -0.2) is 20.4 Å². The van der Waals surface area contributed by atoms with Crippen LogP contribution in [0.25, 0.3) is 11.1 Å². The molecule has 0 spiro atoms. The van der Waals surface area contributed by atoms with E-state index >= 15 is 0 Å². The van der Waals surface area contributed by atoms with Crippen LogP contribution in [0.1, 0.15) is 5.69 Å². The Labute approximate surface area is 83.5 Å². The largest absolute Gasteiger partial charge is 0.282 e. The Balaban J connectivity index is 2.53. The molecule has 13 heavy (non-hydrogen) atoms. The van der Waals surface area contributed by atoms with Gasteiger partial charge in [0.1, 0.15) is 4.60 Å². The number of aromatic nitrogens is 4. The molecule has 2 heterocycles. The summed E-state index contributed by atoms with van der Waals surface area (Å²) in [5.74, 6) is 0. The summed E-state index contributed by atoms with van der Waals surface area (Å²) in [6.45, 7) is 1.97. The maximum absolute atomic E-state index is 3.94. The Morgan fingerprint density at radius 3 is 2.85 bits per heavy atom. The van der Waals surface area contributed by atoms with Gasteiger partial charge in [0.2, 0.25) is 0 Å². The van der Waals surface area contributed by atoms with Crippen molar-refractivity contribution in [2.75, 3.05) is 0 Å². The maximum Gasteiger partial charge on any atom is 0.129 e. The molecule has 5 heteroatoms. The molecule has 0 saturated carbocycles. The van der Waals surface area contributed by atoms with E-state index < -0.39 is 0 Å². The average Bonchev–Trinajstić information content (AvgIpc) is 2.51. The Bertz CT molecular complexity index is 424. The van der Waals surface area contributed by atoms with Gasteiger partial charge in [0.25, 0.3) is 0 Å². The highest BCUT2D eigenvalue weighted by molar-refractivity contribution is 9.10. The van der Waals surface area contributed by atoms with Crippen molar-refractivity contribution in [2.45, 2.75) is 6.92 Å². The first kappa shape index (κ1) is 8.37. The molecule has 1 N–H and O–H groups in total. The number of aryl methyl sites for hydroxylation is 1. The Morgan fingerprint density at radius 2 is 2.23 bits per heavy atom. The smallest absolute Gasteiger partial charge is 0.129 e. The van der Waals surface area contributed by atoms with Crippen molar-refractivity contribution < 1.29 is 0 Å². The molecule has 0 amide bonds. The molecule has 0 fully saturated rings. The van der Waals surface area contributed by atoms with Crippen molar-refractivity contribution in [1.29, 1.82) is 0 Å². The topological polar surface area (TPSA) is 54.5 Å². The van der Waals surface area contributed by atoms with E-state index in [0.717, 1.165) is 21.4 Å². The lowest BCUT2D eigenvalue weighted by molar-refractivity contribution is 1.01. The fourth-order valence-corrected chi connectivity index (χ4v) is 1.47. The van der Waals surface area contributed by atoms with E-state index in [1.807, 2.05) is 13.0 Å². The van der Waals surface area contributed by atoms with Gasteiger partial charge in [0.15, 0.2) is 0 Å². The summed E-state index contributed by atoms with van der Waals surface area (Å²) in [6, 6.07) is 1.91. The standard InChI is InChI=1S/C8H7BrN4/c1-5-7(4-11-12-5)6-2-8(9)13-10-3-6/h2-4H,1H3,(H,11,12). The molecule has 66 valence electrons. The molecule has 2 aromatic rings. The van der Waals surface area contributed by atoms with Gasteiger partial charge in [0.05, 0.1) is 12.4 Å². The zero-order valence-corrected chi connectivity index (χ0v) is 8.54. The summed E-state index contributed by atoms with van der Waals surface area (Å²) in [7, 11) is 0. The molecule has 4 nitrogen and oxygen atoms in total. The minimum Gasteiger partial charge on any atom is -0.282 e. The third-order valence-corrected chi connectivity index (χ3v) is 2.15. The maximum atomic E-state index is 3.94. The molecule has 0 bridgehead atoms. The molecule has 0 saturated heterocycles. The van der Waals surface area contributed by atoms with Crippen LogP contribution < -0.4 is 0 Å². The van der Waals surface area contributed by atoms with Crippen LogP contribution in [0, 0.1) is 6.92 Å². The van der Waals surface area contributed by atoms with E-state index in [1.54, 1.807) is 12.4 Å². The fraction of sp³-hybridized carbons (Fsp3) is 0.125. The first-order valence-corrected chi connectivity index (χ1v) is 4.55. The van der Waals surface area contributed by atoms with Gasteiger partial charge in [0, 0.05) is 16.8 Å². The third-order valence-electron chi connectivity index (χ3n) is 1.77. The predicted molar refractivity (Wildman–Crippen MR) is 52.1 cm³/mol. The lowest BCUT2D eigenvalue weighted by Gasteiger charge is -1.97. The lowest BCUT2D eigenvalue weighted by Crippen LogP contribution is -1.85. The molecule has 0 aliphatic heterocycles. The van der Waals surface area contributed by atoms with Crippen molar-refractivity contribution >= 4 is 15.9 Å². The third kappa shape index (κ3) is 1.60. The normalized spacial score (nSPS) is 10.3. The molecule has 2 rings (SSSR count). The van der Waals surface area contributed by atoms with E-state index in [0.29, 0.717) is 0 Å². The number of hydrogen-bond acceptors (Lipinski definition) is 3. The second-order valence-electron chi connectivity index (χ2n) is 2.68. The van der Waals surface area contributed by atoms with Crippen LogP contribution in [0.3, 0.4) is 0 Å². The molecule has 2 aromatic heterocycles. The highest BCUT2D eigenvalue weighted by atomic mass is 79.9. The summed E-state index contributed by atoms with van der Waals surface area (Å²) in [5.41, 5.74) is 3.09. The number of hydrogen-bond donors (Lipinski definition) is 1. The minimum absolute atomic E-state index is 0.727. The van der Waals surface area contributed by atoms with Gasteiger partial charge in [-0.1, -0.05) is 0 Å². The van der Waals surface area contributed by atoms with Crippen LogP contribution in [0.15, 0.2) is 23.1 Å². The SMILES string of the molecule is Cc1[nH]ncc1-c1cnnc(Br)c1. The zero-order valence-electron chi connectivity index (χ0n) is 6.95. The van der Waals surface area contributed by atoms with Crippen LogP contribution in [0.4, 0.5) is 0 Å². The Hall–Kier alpha value is -1.23. The lowest BCUT2D eigenvalue weighted by atomic mass is 10.1. The first-order valence-electron chi connectivity index (χ1n) is 3.76. The van der Waals surface area contributed by atoms with Crippen molar-refractivity contribution in [1.82, 2.24) is 20.4 Å². The molecule has 0 aliphatic carbocycles. The highest BCUT2D eigenvalue weighted by Gasteiger charge is 2.04. The molecule has 0 radical (unpaired) electrons. The molecule has 0 unspecified atom stereocenters. The summed E-state index contributed by atoms with van der Waals surface area (Å²) in [5, 5.41) is 14.5. The number of H-pyrrole nitrogens is 1. The van der Waals surface area contributed by atoms with E-state index in [9.17, 15) is 0 Å². The van der Waals surface area contributed by atoms with E-state index in [-0.39, 0.29) is 0 Å². The molecular weight excluding hydrogens is 232 g/mol. The Morgan fingerprint density at radius 1 is 1.38 bits per heavy atom. The van der Waals surface area contributed by atoms with Crippen LogP contribution >= 0.6 is 15.9 Å². The number of rotatable bonds is 1. The zero-order chi connectivity index (χ0) is 9.26. The monoisotopic (exact) mass is 238 g/mol. The van der Waals surface area contributed by atoms with Crippen LogP contribution in [0.5, 0.6) is 0 Å². The number of aromatic amines is 1. The molecule has 0 aromatic carbocycles. The van der Waals surface area contributed by atoms with Gasteiger partial charge < -0.3 is 0 Å². The van der Waals surface area contributed by atoms with Gasteiger partial charge in [-0.2, -0.15) is 10.2 Å². The van der Waals surface area contributed by atoms with E-state index in [4.69, 9.17) is 0 Å². The molecule has 0 aliphatic rings. The number of nitrogens with zero attached hydrogens (tertiary/aromatic N) is 3.